The molecule has 0 aromatic rings. The lowest BCUT2D eigenvalue weighted by molar-refractivity contribution is -0.121. The van der Waals surface area contributed by atoms with Gasteiger partial charge in [-0.2, -0.15) is 0 Å². The van der Waals surface area contributed by atoms with E-state index >= 15 is 0 Å². The molecule has 7 heteroatoms. The van der Waals surface area contributed by atoms with Gasteiger partial charge in [0, 0.05) is 32.7 Å². The molecule has 0 unspecified atom stereocenters. The van der Waals surface area contributed by atoms with Crippen molar-refractivity contribution in [3.05, 3.63) is 0 Å². The molecule has 0 spiro atoms. The van der Waals surface area contributed by atoms with E-state index in [0.717, 1.165) is 38.7 Å². The Morgan fingerprint density at radius 3 is 1.22 bits per heavy atom. The van der Waals surface area contributed by atoms with Gasteiger partial charge in [0.2, 0.25) is 5.91 Å². The Bertz CT molecular complexity index is 767. The first-order chi connectivity index (χ1) is 27.1. The molecule has 0 aliphatic carbocycles. The Morgan fingerprint density at radius 2 is 0.800 bits per heavy atom. The number of carbonyl (C=O) groups is 2. The van der Waals surface area contributed by atoms with Crippen molar-refractivity contribution in [2.24, 2.45) is 0 Å². The van der Waals surface area contributed by atoms with Gasteiger partial charge in [-0.25, -0.2) is 4.79 Å². The van der Waals surface area contributed by atoms with Crippen LogP contribution in [0.1, 0.15) is 252 Å². The van der Waals surface area contributed by atoms with E-state index in [-0.39, 0.29) is 18.6 Å². The van der Waals surface area contributed by atoms with E-state index < -0.39 is 6.09 Å². The predicted molar refractivity (Wildman–Crippen MR) is 236 cm³/mol. The quantitative estimate of drug-likeness (QED) is 0.0601. The summed E-state index contributed by atoms with van der Waals surface area (Å²) in [6.07, 6.45) is 45.9. The average molecular weight is 781 g/mol. The van der Waals surface area contributed by atoms with Crippen molar-refractivity contribution in [1.82, 2.24) is 10.6 Å². The lowest BCUT2D eigenvalue weighted by Gasteiger charge is -2.18. The number of unbranched alkanes of at least 4 members (excludes halogenated alkanes) is 32. The van der Waals surface area contributed by atoms with Crippen LogP contribution in [0, 0.1) is 0 Å². The van der Waals surface area contributed by atoms with Crippen LogP contribution in [-0.2, 0) is 19.0 Å². The Hall–Kier alpha value is -1.34. The molecule has 0 saturated heterocycles. The summed E-state index contributed by atoms with van der Waals surface area (Å²) in [4.78, 5) is 23.9. The van der Waals surface area contributed by atoms with Gasteiger partial charge in [0.05, 0.1) is 6.61 Å². The molecule has 7 nitrogen and oxygen atoms in total. The van der Waals surface area contributed by atoms with E-state index in [9.17, 15) is 9.59 Å². The van der Waals surface area contributed by atoms with Crippen molar-refractivity contribution in [3.8, 4) is 0 Å². The van der Waals surface area contributed by atoms with Crippen molar-refractivity contribution >= 4 is 12.0 Å². The van der Waals surface area contributed by atoms with Crippen LogP contribution in [-0.4, -0.2) is 57.6 Å². The zero-order valence-corrected chi connectivity index (χ0v) is 37.3. The maximum atomic E-state index is 12.4. The van der Waals surface area contributed by atoms with Crippen molar-refractivity contribution in [2.45, 2.75) is 258 Å². The average Bonchev–Trinajstić information content (AvgIpc) is 3.18. The smallest absolute Gasteiger partial charge is 0.407 e. The number of nitrogens with one attached hydrogen (secondary N) is 2. The summed E-state index contributed by atoms with van der Waals surface area (Å²) in [5, 5.41) is 5.67. The molecule has 0 aromatic carbocycles. The molecular weight excluding hydrogens is 685 g/mol. The standard InChI is InChI=1S/C48H96N2O5/c1-4-7-9-11-13-15-17-19-21-23-25-27-29-31-33-38-42-53-44-46(45-55-48(52)50-41-37-35-36-40-47(51)49-6-3)54-43-39-34-32-30-28-26-24-22-20-18-16-14-12-10-8-5-2/h46H,4-45H2,1-3H3,(H,49,51)(H,50,52)/t46-/m1/s1. The number of hydrogen-bond donors (Lipinski definition) is 2. The van der Waals surface area contributed by atoms with Crippen LogP contribution in [0.25, 0.3) is 0 Å². The molecule has 0 radical (unpaired) electrons. The summed E-state index contributed by atoms with van der Waals surface area (Å²) in [6.45, 7) is 9.82. The number of hydrogen-bond acceptors (Lipinski definition) is 5. The van der Waals surface area contributed by atoms with Gasteiger partial charge >= 0.3 is 6.09 Å². The molecule has 55 heavy (non-hydrogen) atoms. The van der Waals surface area contributed by atoms with Crippen LogP contribution < -0.4 is 10.6 Å². The molecule has 0 bridgehead atoms. The van der Waals surface area contributed by atoms with E-state index in [0.29, 0.717) is 32.7 Å². The minimum atomic E-state index is -0.405. The molecule has 0 heterocycles. The van der Waals surface area contributed by atoms with Crippen molar-refractivity contribution in [2.75, 3.05) is 39.5 Å². The van der Waals surface area contributed by atoms with E-state index in [1.54, 1.807) is 0 Å². The lowest BCUT2D eigenvalue weighted by atomic mass is 10.0. The fourth-order valence-corrected chi connectivity index (χ4v) is 7.29. The monoisotopic (exact) mass is 781 g/mol. The highest BCUT2D eigenvalue weighted by atomic mass is 16.6. The van der Waals surface area contributed by atoms with Crippen LogP contribution in [0.3, 0.4) is 0 Å². The van der Waals surface area contributed by atoms with E-state index in [4.69, 9.17) is 14.2 Å². The third kappa shape index (κ3) is 45.2. The lowest BCUT2D eigenvalue weighted by Crippen LogP contribution is -2.32. The molecule has 0 saturated carbocycles. The van der Waals surface area contributed by atoms with Crippen LogP contribution in [0.15, 0.2) is 0 Å². The summed E-state index contributed by atoms with van der Waals surface area (Å²) < 4.78 is 17.7. The first kappa shape index (κ1) is 53.7. The molecule has 1 atom stereocenters. The van der Waals surface area contributed by atoms with Crippen molar-refractivity contribution < 1.29 is 23.8 Å². The number of carbonyl (C=O) groups excluding carboxylic acids is 2. The van der Waals surface area contributed by atoms with Crippen molar-refractivity contribution in [3.63, 3.8) is 0 Å². The van der Waals surface area contributed by atoms with E-state index in [1.165, 1.54) is 193 Å². The van der Waals surface area contributed by atoms with Gasteiger partial charge in [0.15, 0.2) is 0 Å². The maximum absolute atomic E-state index is 12.4. The molecular formula is C48H96N2O5. The molecule has 0 aromatic heterocycles. The molecule has 0 rings (SSSR count). The fraction of sp³-hybridized carbons (Fsp3) is 0.958. The zero-order chi connectivity index (χ0) is 40.0. The predicted octanol–water partition coefficient (Wildman–Crippen LogP) is 14.3. The Morgan fingerprint density at radius 1 is 0.418 bits per heavy atom. The van der Waals surface area contributed by atoms with Gasteiger partial charge < -0.3 is 24.8 Å². The Balaban J connectivity index is 4.04. The second kappa shape index (κ2) is 47.0. The SMILES string of the molecule is CCCCCCCCCCCCCCCCCCOC[C@H](COC(=O)NCCCCCC(=O)NCC)OCCCCCCCCCCCCCCCCCC. The number of rotatable bonds is 46. The minimum absolute atomic E-state index is 0.0949. The van der Waals surface area contributed by atoms with Gasteiger partial charge in [-0.3, -0.25) is 4.79 Å². The molecule has 2 N–H and O–H groups in total. The largest absolute Gasteiger partial charge is 0.447 e. The highest BCUT2D eigenvalue weighted by molar-refractivity contribution is 5.75. The van der Waals surface area contributed by atoms with Gasteiger partial charge in [0.25, 0.3) is 0 Å². The number of amides is 2. The summed E-state index contributed by atoms with van der Waals surface area (Å²) >= 11 is 0. The van der Waals surface area contributed by atoms with Crippen molar-refractivity contribution in [1.29, 1.82) is 0 Å². The Labute approximate surface area is 343 Å². The first-order valence-electron chi connectivity index (χ1n) is 24.5. The maximum Gasteiger partial charge on any atom is 0.407 e. The number of ether oxygens (including phenoxy) is 3. The topological polar surface area (TPSA) is 85.9 Å². The van der Waals surface area contributed by atoms with Crippen LogP contribution in [0.4, 0.5) is 4.79 Å². The summed E-state index contributed by atoms with van der Waals surface area (Å²) in [5.74, 6) is 0.0949. The van der Waals surface area contributed by atoms with E-state index in [2.05, 4.69) is 24.5 Å². The normalized spacial score (nSPS) is 11.9. The third-order valence-electron chi connectivity index (χ3n) is 10.9. The molecule has 2 amide bonds. The number of alkyl carbamates (subject to hydrolysis) is 1. The van der Waals surface area contributed by atoms with Gasteiger partial charge in [-0.1, -0.05) is 213 Å². The first-order valence-corrected chi connectivity index (χ1v) is 24.5. The highest BCUT2D eigenvalue weighted by Crippen LogP contribution is 2.16. The summed E-state index contributed by atoms with van der Waals surface area (Å²) in [7, 11) is 0. The molecule has 0 aliphatic rings. The molecule has 0 fully saturated rings. The van der Waals surface area contributed by atoms with E-state index in [1.807, 2.05) is 6.92 Å². The third-order valence-corrected chi connectivity index (χ3v) is 10.9. The minimum Gasteiger partial charge on any atom is -0.447 e. The zero-order valence-electron chi connectivity index (χ0n) is 37.3. The van der Waals surface area contributed by atoms with Crippen LogP contribution in [0.2, 0.25) is 0 Å². The van der Waals surface area contributed by atoms with Gasteiger partial charge in [0.1, 0.15) is 12.7 Å². The second-order valence-corrected chi connectivity index (χ2v) is 16.5. The summed E-state index contributed by atoms with van der Waals surface area (Å²) in [6, 6.07) is 0. The van der Waals surface area contributed by atoms with Crippen LogP contribution in [0.5, 0.6) is 0 Å². The molecule has 0 aliphatic heterocycles. The fourth-order valence-electron chi connectivity index (χ4n) is 7.29. The highest BCUT2D eigenvalue weighted by Gasteiger charge is 2.13. The molecule has 328 valence electrons. The van der Waals surface area contributed by atoms with Gasteiger partial charge in [-0.15, -0.1) is 0 Å². The summed E-state index contributed by atoms with van der Waals surface area (Å²) in [5.41, 5.74) is 0. The Kier molecular flexibility index (Phi) is 45.9. The van der Waals surface area contributed by atoms with Crippen LogP contribution >= 0.6 is 0 Å². The second-order valence-electron chi connectivity index (χ2n) is 16.5. The van der Waals surface area contributed by atoms with Gasteiger partial charge in [-0.05, 0) is 32.6 Å².